The van der Waals surface area contributed by atoms with Gasteiger partial charge in [0.15, 0.2) is 5.75 Å². The first-order valence-electron chi connectivity index (χ1n) is 6.04. The molecule has 102 valence electrons. The summed E-state index contributed by atoms with van der Waals surface area (Å²) in [7, 11) is 0. The molecule has 1 heterocycles. The summed E-state index contributed by atoms with van der Waals surface area (Å²) in [5, 5.41) is 16.7. The fraction of sp³-hybridized carbons (Fsp3) is 0.417. The van der Waals surface area contributed by atoms with E-state index in [4.69, 9.17) is 4.74 Å². The van der Waals surface area contributed by atoms with Gasteiger partial charge in [0.1, 0.15) is 0 Å². The highest BCUT2D eigenvalue weighted by Crippen LogP contribution is 2.30. The number of nitrogens with zero attached hydrogens (tertiary/aromatic N) is 1. The van der Waals surface area contributed by atoms with Crippen molar-refractivity contribution in [3.63, 3.8) is 0 Å². The van der Waals surface area contributed by atoms with Crippen molar-refractivity contribution in [2.24, 2.45) is 0 Å². The molecule has 0 saturated carbocycles. The number of rotatable bonds is 5. The van der Waals surface area contributed by atoms with Crippen LogP contribution in [0.15, 0.2) is 18.2 Å². The predicted octanol–water partition coefficient (Wildman–Crippen LogP) is 1.29. The molecule has 2 N–H and O–H groups in total. The number of anilines is 1. The Morgan fingerprint density at radius 1 is 1.58 bits per heavy atom. The molecular formula is C12H15N3O4. The molecule has 1 fully saturated rings. The van der Waals surface area contributed by atoms with Crippen molar-refractivity contribution >= 4 is 17.3 Å². The van der Waals surface area contributed by atoms with Crippen LogP contribution < -0.4 is 15.4 Å². The normalized spacial score (nSPS) is 17.9. The molecule has 0 aliphatic carbocycles. The van der Waals surface area contributed by atoms with Gasteiger partial charge in [0.2, 0.25) is 5.91 Å². The van der Waals surface area contributed by atoms with Gasteiger partial charge in [-0.1, -0.05) is 0 Å². The zero-order chi connectivity index (χ0) is 13.8. The minimum atomic E-state index is -0.477. The molecule has 1 atom stereocenters. The first-order chi connectivity index (χ1) is 9.10. The van der Waals surface area contributed by atoms with Gasteiger partial charge < -0.3 is 15.4 Å². The number of hydrogen-bond acceptors (Lipinski definition) is 5. The lowest BCUT2D eigenvalue weighted by molar-refractivity contribution is -0.385. The molecule has 7 heteroatoms. The third-order valence-corrected chi connectivity index (χ3v) is 2.80. The smallest absolute Gasteiger partial charge is 0.311 e. The lowest BCUT2D eigenvalue weighted by Gasteiger charge is -2.13. The van der Waals surface area contributed by atoms with Crippen LogP contribution in [0.5, 0.6) is 5.75 Å². The third kappa shape index (κ3) is 3.12. The van der Waals surface area contributed by atoms with Crippen molar-refractivity contribution in [1.29, 1.82) is 0 Å². The number of nitro benzene ring substituents is 1. The Bertz CT molecular complexity index is 504. The maximum atomic E-state index is 11.1. The summed E-state index contributed by atoms with van der Waals surface area (Å²) < 4.78 is 5.26. The molecular weight excluding hydrogens is 250 g/mol. The fourth-order valence-corrected chi connectivity index (χ4v) is 1.97. The lowest BCUT2D eigenvalue weighted by Crippen LogP contribution is -2.22. The van der Waals surface area contributed by atoms with Crippen LogP contribution in [0.4, 0.5) is 11.4 Å². The van der Waals surface area contributed by atoms with E-state index in [1.165, 1.54) is 6.07 Å². The molecule has 1 aliphatic heterocycles. The minimum Gasteiger partial charge on any atom is -0.487 e. The van der Waals surface area contributed by atoms with Crippen molar-refractivity contribution in [3.8, 4) is 5.75 Å². The Morgan fingerprint density at radius 3 is 2.95 bits per heavy atom. The van der Waals surface area contributed by atoms with Gasteiger partial charge >= 0.3 is 5.69 Å². The van der Waals surface area contributed by atoms with Crippen LogP contribution in [0.3, 0.4) is 0 Å². The van der Waals surface area contributed by atoms with Crippen molar-refractivity contribution in [2.75, 3.05) is 18.5 Å². The van der Waals surface area contributed by atoms with E-state index in [1.807, 2.05) is 0 Å². The third-order valence-electron chi connectivity index (χ3n) is 2.80. The van der Waals surface area contributed by atoms with Gasteiger partial charge in [-0.05, 0) is 13.0 Å². The number of ether oxygens (including phenoxy) is 1. The van der Waals surface area contributed by atoms with Crippen molar-refractivity contribution in [2.45, 2.75) is 19.4 Å². The van der Waals surface area contributed by atoms with Gasteiger partial charge in [-0.3, -0.25) is 14.9 Å². The van der Waals surface area contributed by atoms with Gasteiger partial charge in [-0.15, -0.1) is 0 Å². The summed E-state index contributed by atoms with van der Waals surface area (Å²) in [5.41, 5.74) is 0.642. The van der Waals surface area contributed by atoms with E-state index in [1.54, 1.807) is 19.1 Å². The van der Waals surface area contributed by atoms with E-state index < -0.39 is 4.92 Å². The quantitative estimate of drug-likeness (QED) is 0.618. The highest BCUT2D eigenvalue weighted by molar-refractivity contribution is 5.79. The number of carbonyl (C=O) groups is 1. The molecule has 0 aromatic heterocycles. The molecule has 1 unspecified atom stereocenters. The second-order valence-electron chi connectivity index (χ2n) is 4.22. The summed E-state index contributed by atoms with van der Waals surface area (Å²) in [6.07, 6.45) is 0.404. The van der Waals surface area contributed by atoms with Gasteiger partial charge in [0.05, 0.1) is 17.6 Å². The summed E-state index contributed by atoms with van der Waals surface area (Å²) in [5.74, 6) is 0.235. The van der Waals surface area contributed by atoms with E-state index in [-0.39, 0.29) is 23.4 Å². The first kappa shape index (κ1) is 13.1. The molecule has 1 saturated heterocycles. The number of nitro groups is 1. The average Bonchev–Trinajstić information content (AvgIpc) is 2.75. The second kappa shape index (κ2) is 5.55. The SMILES string of the molecule is CCOc1cc(NC2CNC(=O)C2)ccc1[N+](=O)[O-]. The first-order valence-corrected chi connectivity index (χ1v) is 6.04. The minimum absolute atomic E-state index is 0.00318. The Balaban J connectivity index is 2.15. The van der Waals surface area contributed by atoms with Gasteiger partial charge in [0, 0.05) is 30.8 Å². The number of hydrogen-bond donors (Lipinski definition) is 2. The van der Waals surface area contributed by atoms with Gasteiger partial charge in [0.25, 0.3) is 0 Å². The van der Waals surface area contributed by atoms with Crippen LogP contribution in [-0.2, 0) is 4.79 Å². The molecule has 7 nitrogen and oxygen atoms in total. The zero-order valence-electron chi connectivity index (χ0n) is 10.5. The topological polar surface area (TPSA) is 93.5 Å². The number of benzene rings is 1. The van der Waals surface area contributed by atoms with Crippen molar-refractivity contribution in [1.82, 2.24) is 5.32 Å². The molecule has 0 spiro atoms. The van der Waals surface area contributed by atoms with E-state index in [0.717, 1.165) is 0 Å². The zero-order valence-corrected chi connectivity index (χ0v) is 10.5. The standard InChI is InChI=1S/C12H15N3O4/c1-2-19-11-5-8(3-4-10(11)15(17)18)14-9-6-12(16)13-7-9/h3-5,9,14H,2,6-7H2,1H3,(H,13,16). The van der Waals surface area contributed by atoms with Crippen LogP contribution in [0.2, 0.25) is 0 Å². The Morgan fingerprint density at radius 2 is 2.37 bits per heavy atom. The molecule has 1 aromatic rings. The maximum Gasteiger partial charge on any atom is 0.311 e. The molecule has 1 aromatic carbocycles. The number of nitrogens with one attached hydrogen (secondary N) is 2. The average molecular weight is 265 g/mol. The Hall–Kier alpha value is -2.31. The number of amides is 1. The molecule has 0 radical (unpaired) electrons. The largest absolute Gasteiger partial charge is 0.487 e. The summed E-state index contributed by atoms with van der Waals surface area (Å²) in [4.78, 5) is 21.5. The van der Waals surface area contributed by atoms with Crippen LogP contribution in [0.1, 0.15) is 13.3 Å². The Kier molecular flexibility index (Phi) is 3.84. The second-order valence-corrected chi connectivity index (χ2v) is 4.22. The van der Waals surface area contributed by atoms with Crippen LogP contribution in [0, 0.1) is 10.1 Å². The molecule has 1 aliphatic rings. The lowest BCUT2D eigenvalue weighted by atomic mass is 10.2. The molecule has 0 bridgehead atoms. The Labute approximate surface area is 110 Å². The van der Waals surface area contributed by atoms with Crippen LogP contribution in [0.25, 0.3) is 0 Å². The van der Waals surface area contributed by atoms with E-state index in [0.29, 0.717) is 25.3 Å². The summed E-state index contributed by atoms with van der Waals surface area (Å²) in [6.45, 7) is 2.68. The summed E-state index contributed by atoms with van der Waals surface area (Å²) in [6, 6.07) is 4.61. The predicted molar refractivity (Wildman–Crippen MR) is 69.3 cm³/mol. The van der Waals surface area contributed by atoms with Crippen molar-refractivity contribution in [3.05, 3.63) is 28.3 Å². The molecule has 19 heavy (non-hydrogen) atoms. The summed E-state index contributed by atoms with van der Waals surface area (Å²) >= 11 is 0. The van der Waals surface area contributed by atoms with Crippen LogP contribution >= 0.6 is 0 Å². The molecule has 1 amide bonds. The highest BCUT2D eigenvalue weighted by atomic mass is 16.6. The fourth-order valence-electron chi connectivity index (χ4n) is 1.97. The van der Waals surface area contributed by atoms with Gasteiger partial charge in [-0.25, -0.2) is 0 Å². The van der Waals surface area contributed by atoms with Crippen LogP contribution in [-0.4, -0.2) is 30.0 Å². The number of carbonyl (C=O) groups excluding carboxylic acids is 1. The van der Waals surface area contributed by atoms with E-state index in [9.17, 15) is 14.9 Å². The monoisotopic (exact) mass is 265 g/mol. The highest BCUT2D eigenvalue weighted by Gasteiger charge is 2.22. The van der Waals surface area contributed by atoms with Gasteiger partial charge in [-0.2, -0.15) is 0 Å². The van der Waals surface area contributed by atoms with E-state index in [2.05, 4.69) is 10.6 Å². The van der Waals surface area contributed by atoms with Crippen molar-refractivity contribution < 1.29 is 14.5 Å². The van der Waals surface area contributed by atoms with E-state index >= 15 is 0 Å². The maximum absolute atomic E-state index is 11.1. The molecule has 2 rings (SSSR count).